The van der Waals surface area contributed by atoms with Crippen molar-refractivity contribution in [2.45, 2.75) is 24.7 Å². The molecular weight excluding hydrogens is 206 g/mol. The molecule has 0 amide bonds. The zero-order valence-corrected chi connectivity index (χ0v) is 9.80. The molecule has 3 heteroatoms. The number of ether oxygens (including phenoxy) is 1. The third kappa shape index (κ3) is 2.67. The SMILES string of the molecule is CC(CN)SCC1Cc2ccccc2O1. The summed E-state index contributed by atoms with van der Waals surface area (Å²) in [7, 11) is 0. The monoisotopic (exact) mass is 223 g/mol. The highest BCUT2D eigenvalue weighted by Crippen LogP contribution is 2.30. The van der Waals surface area contributed by atoms with Crippen molar-refractivity contribution < 1.29 is 4.74 Å². The largest absolute Gasteiger partial charge is 0.489 e. The number of rotatable bonds is 4. The molecular formula is C12H17NOS. The smallest absolute Gasteiger partial charge is 0.123 e. The van der Waals surface area contributed by atoms with Crippen LogP contribution in [0.4, 0.5) is 0 Å². The molecule has 2 unspecified atom stereocenters. The summed E-state index contributed by atoms with van der Waals surface area (Å²) in [5.41, 5.74) is 6.92. The van der Waals surface area contributed by atoms with Gasteiger partial charge >= 0.3 is 0 Å². The molecule has 1 aliphatic rings. The van der Waals surface area contributed by atoms with Gasteiger partial charge in [-0.3, -0.25) is 0 Å². The van der Waals surface area contributed by atoms with E-state index in [0.29, 0.717) is 11.4 Å². The summed E-state index contributed by atoms with van der Waals surface area (Å²) >= 11 is 1.89. The second-order valence-corrected chi connectivity index (χ2v) is 5.40. The molecule has 15 heavy (non-hydrogen) atoms. The Bertz CT molecular complexity index is 304. The fraction of sp³-hybridized carbons (Fsp3) is 0.500. The number of fused-ring (bicyclic) bond motifs is 1. The molecule has 2 nitrogen and oxygen atoms in total. The van der Waals surface area contributed by atoms with Crippen LogP contribution in [0, 0.1) is 0 Å². The maximum absolute atomic E-state index is 5.84. The van der Waals surface area contributed by atoms with Crippen molar-refractivity contribution in [2.24, 2.45) is 5.73 Å². The van der Waals surface area contributed by atoms with Crippen molar-refractivity contribution in [3.05, 3.63) is 29.8 Å². The Labute approximate surface area is 95.2 Å². The van der Waals surface area contributed by atoms with Gasteiger partial charge in [0.05, 0.1) is 0 Å². The van der Waals surface area contributed by atoms with E-state index in [2.05, 4.69) is 19.1 Å². The van der Waals surface area contributed by atoms with Crippen LogP contribution in [0.2, 0.25) is 0 Å². The summed E-state index contributed by atoms with van der Waals surface area (Å²) in [5.74, 6) is 2.09. The summed E-state index contributed by atoms with van der Waals surface area (Å²) in [4.78, 5) is 0. The Morgan fingerprint density at radius 2 is 2.33 bits per heavy atom. The first kappa shape index (κ1) is 10.8. The lowest BCUT2D eigenvalue weighted by Gasteiger charge is -2.13. The van der Waals surface area contributed by atoms with Gasteiger partial charge in [0.2, 0.25) is 0 Å². The first-order chi connectivity index (χ1) is 7.29. The Morgan fingerprint density at radius 3 is 3.07 bits per heavy atom. The molecule has 1 aliphatic heterocycles. The molecule has 0 aliphatic carbocycles. The van der Waals surface area contributed by atoms with E-state index in [4.69, 9.17) is 10.5 Å². The average molecular weight is 223 g/mol. The second kappa shape index (κ2) is 4.90. The molecule has 82 valence electrons. The van der Waals surface area contributed by atoms with E-state index in [9.17, 15) is 0 Å². The van der Waals surface area contributed by atoms with Crippen LogP contribution >= 0.6 is 11.8 Å². The first-order valence-electron chi connectivity index (χ1n) is 5.36. The first-order valence-corrected chi connectivity index (χ1v) is 6.40. The van der Waals surface area contributed by atoms with Crippen molar-refractivity contribution in [3.8, 4) is 5.75 Å². The van der Waals surface area contributed by atoms with Gasteiger partial charge in [-0.2, -0.15) is 11.8 Å². The maximum Gasteiger partial charge on any atom is 0.123 e. The third-order valence-corrected chi connectivity index (χ3v) is 3.94. The van der Waals surface area contributed by atoms with E-state index in [1.165, 1.54) is 5.56 Å². The molecule has 0 radical (unpaired) electrons. The number of benzene rings is 1. The standard InChI is InChI=1S/C12H17NOS/c1-9(7-13)15-8-11-6-10-4-2-3-5-12(10)14-11/h2-5,9,11H,6-8,13H2,1H3. The number of para-hydroxylation sites is 1. The van der Waals surface area contributed by atoms with E-state index < -0.39 is 0 Å². The van der Waals surface area contributed by atoms with Crippen molar-refractivity contribution in [1.29, 1.82) is 0 Å². The Morgan fingerprint density at radius 1 is 1.53 bits per heavy atom. The molecule has 2 N–H and O–H groups in total. The minimum absolute atomic E-state index is 0.335. The zero-order chi connectivity index (χ0) is 10.7. The maximum atomic E-state index is 5.84. The lowest BCUT2D eigenvalue weighted by atomic mass is 10.1. The van der Waals surface area contributed by atoms with Crippen LogP contribution in [-0.4, -0.2) is 23.7 Å². The number of thioether (sulfide) groups is 1. The molecule has 0 saturated carbocycles. The summed E-state index contributed by atoms with van der Waals surface area (Å²) < 4.78 is 5.84. The van der Waals surface area contributed by atoms with Crippen molar-refractivity contribution in [3.63, 3.8) is 0 Å². The minimum atomic E-state index is 0.335. The van der Waals surface area contributed by atoms with Gasteiger partial charge in [-0.15, -0.1) is 0 Å². The topological polar surface area (TPSA) is 35.2 Å². The summed E-state index contributed by atoms with van der Waals surface area (Å²) in [6.07, 6.45) is 1.38. The molecule has 0 saturated heterocycles. The predicted octanol–water partition coefficient (Wildman–Crippen LogP) is 2.07. The lowest BCUT2D eigenvalue weighted by molar-refractivity contribution is 0.259. The van der Waals surface area contributed by atoms with Crippen LogP contribution < -0.4 is 10.5 Å². The molecule has 2 atom stereocenters. The predicted molar refractivity (Wildman–Crippen MR) is 65.5 cm³/mol. The molecule has 1 aromatic rings. The highest BCUT2D eigenvalue weighted by atomic mass is 32.2. The Kier molecular flexibility index (Phi) is 3.54. The fourth-order valence-corrected chi connectivity index (χ4v) is 2.55. The highest BCUT2D eigenvalue weighted by molar-refractivity contribution is 7.99. The molecule has 0 bridgehead atoms. The second-order valence-electron chi connectivity index (χ2n) is 3.93. The molecule has 0 fully saturated rings. The number of hydrogen-bond acceptors (Lipinski definition) is 3. The molecule has 0 aromatic heterocycles. The van der Waals surface area contributed by atoms with Crippen LogP contribution in [0.3, 0.4) is 0 Å². The Hall–Kier alpha value is -0.670. The van der Waals surface area contributed by atoms with Crippen LogP contribution in [0.25, 0.3) is 0 Å². The number of hydrogen-bond donors (Lipinski definition) is 1. The summed E-state index contributed by atoms with van der Waals surface area (Å²) in [5, 5.41) is 0.525. The minimum Gasteiger partial charge on any atom is -0.489 e. The molecule has 1 heterocycles. The van der Waals surface area contributed by atoms with E-state index in [0.717, 1.165) is 24.5 Å². The number of nitrogens with two attached hydrogens (primary N) is 1. The Balaban J connectivity index is 1.85. The van der Waals surface area contributed by atoms with Gasteiger partial charge in [-0.05, 0) is 11.6 Å². The van der Waals surface area contributed by atoms with E-state index >= 15 is 0 Å². The van der Waals surface area contributed by atoms with E-state index in [1.807, 2.05) is 23.9 Å². The van der Waals surface area contributed by atoms with Gasteiger partial charge < -0.3 is 10.5 Å². The third-order valence-electron chi connectivity index (χ3n) is 2.61. The summed E-state index contributed by atoms with van der Waals surface area (Å²) in [6.45, 7) is 2.90. The normalized spacial score (nSPS) is 20.8. The average Bonchev–Trinajstić information content (AvgIpc) is 2.68. The van der Waals surface area contributed by atoms with Crippen LogP contribution in [0.1, 0.15) is 12.5 Å². The van der Waals surface area contributed by atoms with Crippen LogP contribution in [0.15, 0.2) is 24.3 Å². The van der Waals surface area contributed by atoms with Crippen molar-refractivity contribution >= 4 is 11.8 Å². The lowest BCUT2D eigenvalue weighted by Crippen LogP contribution is -2.20. The van der Waals surface area contributed by atoms with Gasteiger partial charge in [0.1, 0.15) is 11.9 Å². The van der Waals surface area contributed by atoms with Crippen molar-refractivity contribution in [2.75, 3.05) is 12.3 Å². The molecule has 0 spiro atoms. The summed E-state index contributed by atoms with van der Waals surface area (Å²) in [6, 6.07) is 8.29. The van der Waals surface area contributed by atoms with Gasteiger partial charge in [0.15, 0.2) is 0 Å². The zero-order valence-electron chi connectivity index (χ0n) is 8.98. The van der Waals surface area contributed by atoms with Gasteiger partial charge in [0, 0.05) is 24.0 Å². The van der Waals surface area contributed by atoms with Crippen molar-refractivity contribution in [1.82, 2.24) is 0 Å². The van der Waals surface area contributed by atoms with Gasteiger partial charge in [-0.1, -0.05) is 25.1 Å². The van der Waals surface area contributed by atoms with Gasteiger partial charge in [-0.25, -0.2) is 0 Å². The fourth-order valence-electron chi connectivity index (χ4n) is 1.69. The van der Waals surface area contributed by atoms with Gasteiger partial charge in [0.25, 0.3) is 0 Å². The quantitative estimate of drug-likeness (QED) is 0.848. The van der Waals surface area contributed by atoms with Crippen LogP contribution in [0.5, 0.6) is 5.75 Å². The van der Waals surface area contributed by atoms with Crippen LogP contribution in [-0.2, 0) is 6.42 Å². The van der Waals surface area contributed by atoms with E-state index in [-0.39, 0.29) is 0 Å². The molecule has 2 rings (SSSR count). The van der Waals surface area contributed by atoms with E-state index in [1.54, 1.807) is 0 Å². The molecule has 1 aromatic carbocycles. The highest BCUT2D eigenvalue weighted by Gasteiger charge is 2.22.